The Hall–Kier alpha value is -3.16. The van der Waals surface area contributed by atoms with E-state index >= 15 is 0 Å². The molecule has 2 aliphatic rings. The molecule has 2 heterocycles. The van der Waals surface area contributed by atoms with Crippen molar-refractivity contribution in [2.75, 3.05) is 50.6 Å². The van der Waals surface area contributed by atoms with Gasteiger partial charge in [0.25, 0.3) is 0 Å². The minimum absolute atomic E-state index is 0.00703. The number of aromatic nitrogens is 1. The average molecular weight is 447 g/mol. The highest BCUT2D eigenvalue weighted by atomic mass is 16.5. The number of carbonyl (C=O) groups excluding carboxylic acids is 1. The summed E-state index contributed by atoms with van der Waals surface area (Å²) in [6, 6.07) is 16.4. The monoisotopic (exact) mass is 446 g/mol. The lowest BCUT2D eigenvalue weighted by molar-refractivity contribution is -0.118. The molecule has 0 spiro atoms. The van der Waals surface area contributed by atoms with E-state index < -0.39 is 0 Å². The van der Waals surface area contributed by atoms with Crippen molar-refractivity contribution in [1.82, 2.24) is 9.88 Å². The Morgan fingerprint density at radius 1 is 1.18 bits per heavy atom. The summed E-state index contributed by atoms with van der Waals surface area (Å²) in [5.41, 5.74) is 4.26. The van der Waals surface area contributed by atoms with Gasteiger partial charge in [0.05, 0.1) is 38.4 Å². The Bertz CT molecular complexity index is 1130. The van der Waals surface area contributed by atoms with Gasteiger partial charge in [-0.3, -0.25) is 9.69 Å². The SMILES string of the molecule is COc1cccc2c1C(Nc1ccc3cc(NC(=O)CN4CCOCC4)ccc3n1)CCC2. The Kier molecular flexibility index (Phi) is 6.41. The molecule has 0 radical (unpaired) electrons. The topological polar surface area (TPSA) is 75.7 Å². The number of nitrogens with one attached hydrogen (secondary N) is 2. The van der Waals surface area contributed by atoms with E-state index in [1.807, 2.05) is 36.4 Å². The van der Waals surface area contributed by atoms with Gasteiger partial charge in [0, 0.05) is 29.7 Å². The molecule has 7 nitrogen and oxygen atoms in total. The van der Waals surface area contributed by atoms with Gasteiger partial charge in [-0.1, -0.05) is 12.1 Å². The molecule has 2 N–H and O–H groups in total. The van der Waals surface area contributed by atoms with Crippen LogP contribution < -0.4 is 15.4 Å². The van der Waals surface area contributed by atoms with E-state index in [9.17, 15) is 4.79 Å². The van der Waals surface area contributed by atoms with Gasteiger partial charge in [-0.25, -0.2) is 4.98 Å². The number of aryl methyl sites for hydroxylation is 1. The first kappa shape index (κ1) is 21.7. The number of methoxy groups -OCH3 is 1. The molecule has 2 aromatic carbocycles. The molecule has 5 rings (SSSR count). The molecular formula is C26H30N4O3. The van der Waals surface area contributed by atoms with Crippen LogP contribution in [0.4, 0.5) is 11.5 Å². The summed E-state index contributed by atoms with van der Waals surface area (Å²) in [6.45, 7) is 3.34. The fraction of sp³-hybridized carbons (Fsp3) is 0.385. The first-order valence-electron chi connectivity index (χ1n) is 11.6. The molecule has 1 amide bonds. The van der Waals surface area contributed by atoms with Crippen LogP contribution in [0, 0.1) is 0 Å². The van der Waals surface area contributed by atoms with E-state index in [2.05, 4.69) is 27.7 Å². The quantitative estimate of drug-likeness (QED) is 0.596. The van der Waals surface area contributed by atoms with Crippen molar-refractivity contribution in [2.45, 2.75) is 25.3 Å². The van der Waals surface area contributed by atoms with E-state index in [-0.39, 0.29) is 11.9 Å². The van der Waals surface area contributed by atoms with E-state index in [4.69, 9.17) is 14.5 Å². The van der Waals surface area contributed by atoms with Crippen molar-refractivity contribution in [3.8, 4) is 5.75 Å². The van der Waals surface area contributed by atoms with E-state index in [1.54, 1.807) is 7.11 Å². The van der Waals surface area contributed by atoms with Crippen LogP contribution in [0.1, 0.15) is 30.0 Å². The van der Waals surface area contributed by atoms with Crippen LogP contribution in [-0.2, 0) is 16.0 Å². The molecule has 1 saturated heterocycles. The van der Waals surface area contributed by atoms with Crippen molar-refractivity contribution < 1.29 is 14.3 Å². The van der Waals surface area contributed by atoms with E-state index in [0.717, 1.165) is 60.5 Å². The molecule has 1 aliphatic heterocycles. The van der Waals surface area contributed by atoms with Crippen LogP contribution in [0.5, 0.6) is 5.75 Å². The number of benzene rings is 2. The van der Waals surface area contributed by atoms with Crippen LogP contribution >= 0.6 is 0 Å². The lowest BCUT2D eigenvalue weighted by atomic mass is 9.87. The molecule has 172 valence electrons. The van der Waals surface area contributed by atoms with Crippen molar-refractivity contribution in [1.29, 1.82) is 0 Å². The highest BCUT2D eigenvalue weighted by molar-refractivity contribution is 5.95. The molecule has 1 aromatic heterocycles. The average Bonchev–Trinajstić information content (AvgIpc) is 2.84. The standard InChI is InChI=1S/C26H30N4O3/c1-32-23-7-3-5-18-4-2-6-22(26(18)23)29-24-11-8-19-16-20(9-10-21(19)28-24)27-25(31)17-30-12-14-33-15-13-30/h3,5,7-11,16,22H,2,4,6,12-15,17H2,1H3,(H,27,31)(H,28,29). The number of rotatable bonds is 6. The Balaban J connectivity index is 1.29. The van der Waals surface area contributed by atoms with Crippen molar-refractivity contribution >= 4 is 28.3 Å². The maximum Gasteiger partial charge on any atom is 0.238 e. The van der Waals surface area contributed by atoms with Crippen molar-refractivity contribution in [3.05, 3.63) is 59.7 Å². The second kappa shape index (κ2) is 9.77. The Morgan fingerprint density at radius 2 is 2.06 bits per heavy atom. The largest absolute Gasteiger partial charge is 0.496 e. The molecule has 3 aromatic rings. The number of nitrogens with zero attached hydrogens (tertiary/aromatic N) is 2. The highest BCUT2D eigenvalue weighted by Crippen LogP contribution is 2.38. The second-order valence-corrected chi connectivity index (χ2v) is 8.66. The van der Waals surface area contributed by atoms with Crippen molar-refractivity contribution in [2.24, 2.45) is 0 Å². The fourth-order valence-electron chi connectivity index (χ4n) is 4.79. The van der Waals surface area contributed by atoms with Crippen LogP contribution in [0.3, 0.4) is 0 Å². The third kappa shape index (κ3) is 4.94. The fourth-order valence-corrected chi connectivity index (χ4v) is 4.79. The van der Waals surface area contributed by atoms with Gasteiger partial charge in [0.15, 0.2) is 0 Å². The number of ether oxygens (including phenoxy) is 2. The van der Waals surface area contributed by atoms with Crippen LogP contribution in [-0.4, -0.2) is 55.7 Å². The molecule has 1 atom stereocenters. The number of amides is 1. The molecule has 1 unspecified atom stereocenters. The molecule has 0 bridgehead atoms. The molecular weight excluding hydrogens is 416 g/mol. The van der Waals surface area contributed by atoms with E-state index in [1.165, 1.54) is 11.1 Å². The van der Waals surface area contributed by atoms with Gasteiger partial charge in [-0.15, -0.1) is 0 Å². The van der Waals surface area contributed by atoms with Gasteiger partial charge in [0.2, 0.25) is 5.91 Å². The zero-order chi connectivity index (χ0) is 22.6. The predicted octanol–water partition coefficient (Wildman–Crippen LogP) is 4.00. The van der Waals surface area contributed by atoms with Crippen LogP contribution in [0.25, 0.3) is 10.9 Å². The smallest absolute Gasteiger partial charge is 0.238 e. The summed E-state index contributed by atoms with van der Waals surface area (Å²) in [7, 11) is 1.73. The summed E-state index contributed by atoms with van der Waals surface area (Å²) in [5, 5.41) is 7.62. The Labute approximate surface area is 194 Å². The first-order valence-corrected chi connectivity index (χ1v) is 11.6. The third-order valence-corrected chi connectivity index (χ3v) is 6.43. The lowest BCUT2D eigenvalue weighted by Crippen LogP contribution is -2.41. The zero-order valence-corrected chi connectivity index (χ0v) is 19.0. The van der Waals surface area contributed by atoms with Gasteiger partial charge >= 0.3 is 0 Å². The first-order chi connectivity index (χ1) is 16.2. The Morgan fingerprint density at radius 3 is 2.91 bits per heavy atom. The number of anilines is 2. The maximum absolute atomic E-state index is 12.4. The highest BCUT2D eigenvalue weighted by Gasteiger charge is 2.24. The molecule has 1 aliphatic carbocycles. The number of pyridine rings is 1. The van der Waals surface area contributed by atoms with E-state index in [0.29, 0.717) is 19.8 Å². The summed E-state index contributed by atoms with van der Waals surface area (Å²) in [4.78, 5) is 19.3. The van der Waals surface area contributed by atoms with Crippen LogP contribution in [0.2, 0.25) is 0 Å². The number of hydrogen-bond donors (Lipinski definition) is 2. The zero-order valence-electron chi connectivity index (χ0n) is 19.0. The molecule has 33 heavy (non-hydrogen) atoms. The number of hydrogen-bond acceptors (Lipinski definition) is 6. The minimum Gasteiger partial charge on any atom is -0.496 e. The molecule has 0 saturated carbocycles. The van der Waals surface area contributed by atoms with Gasteiger partial charge < -0.3 is 20.1 Å². The lowest BCUT2D eigenvalue weighted by Gasteiger charge is -2.28. The summed E-state index contributed by atoms with van der Waals surface area (Å²) >= 11 is 0. The number of morpholine rings is 1. The third-order valence-electron chi connectivity index (χ3n) is 6.43. The van der Waals surface area contributed by atoms with Gasteiger partial charge in [0.1, 0.15) is 11.6 Å². The summed E-state index contributed by atoms with van der Waals surface area (Å²) in [6.07, 6.45) is 3.26. The molecule has 1 fully saturated rings. The summed E-state index contributed by atoms with van der Waals surface area (Å²) < 4.78 is 11.0. The molecule has 7 heteroatoms. The van der Waals surface area contributed by atoms with Gasteiger partial charge in [-0.2, -0.15) is 0 Å². The second-order valence-electron chi connectivity index (χ2n) is 8.66. The maximum atomic E-state index is 12.4. The number of carbonyl (C=O) groups is 1. The van der Waals surface area contributed by atoms with Crippen molar-refractivity contribution in [3.63, 3.8) is 0 Å². The minimum atomic E-state index is -0.00703. The summed E-state index contributed by atoms with van der Waals surface area (Å²) in [5.74, 6) is 1.77. The van der Waals surface area contributed by atoms with Gasteiger partial charge in [-0.05, 0) is 61.2 Å². The number of fused-ring (bicyclic) bond motifs is 2. The van der Waals surface area contributed by atoms with Crippen LogP contribution in [0.15, 0.2) is 48.5 Å². The normalized spacial score (nSPS) is 18.5. The predicted molar refractivity (Wildman–Crippen MR) is 130 cm³/mol.